The number of amides is 3. The Bertz CT molecular complexity index is 1480. The van der Waals surface area contributed by atoms with Crippen molar-refractivity contribution in [2.24, 2.45) is 5.92 Å². The first-order valence-corrected chi connectivity index (χ1v) is 14.5. The molecule has 0 bridgehead atoms. The zero-order chi connectivity index (χ0) is 26.6. The highest BCUT2D eigenvalue weighted by Crippen LogP contribution is 2.54. The molecule has 3 amide bonds. The van der Waals surface area contributed by atoms with Crippen LogP contribution < -0.4 is 9.77 Å². The number of rotatable bonds is 4. The van der Waals surface area contributed by atoms with E-state index in [0.29, 0.717) is 33.7 Å². The van der Waals surface area contributed by atoms with E-state index in [1.165, 1.54) is 40.6 Å². The summed E-state index contributed by atoms with van der Waals surface area (Å²) >= 11 is 8.32. The number of halogens is 2. The van der Waals surface area contributed by atoms with Gasteiger partial charge < -0.3 is 4.90 Å². The van der Waals surface area contributed by atoms with Crippen molar-refractivity contribution < 1.29 is 18.8 Å². The van der Waals surface area contributed by atoms with Crippen LogP contribution in [0.5, 0.6) is 0 Å². The van der Waals surface area contributed by atoms with Gasteiger partial charge in [0.05, 0.1) is 16.6 Å². The number of carbonyl (C=O) groups excluding carboxylic acids is 3. The first-order valence-electron chi connectivity index (χ1n) is 12.4. The summed E-state index contributed by atoms with van der Waals surface area (Å²) in [7, 11) is 0. The van der Waals surface area contributed by atoms with E-state index in [9.17, 15) is 23.6 Å². The molecule has 3 aliphatic heterocycles. The fourth-order valence-electron chi connectivity index (χ4n) is 5.51. The maximum atomic E-state index is 13.8. The molecule has 2 saturated heterocycles. The number of fused-ring (bicyclic) bond motifs is 2. The van der Waals surface area contributed by atoms with Crippen LogP contribution in [0.25, 0.3) is 0 Å². The molecule has 11 heteroatoms. The minimum atomic E-state index is -0.800. The number of piperidine rings is 1. The minimum Gasteiger partial charge on any atom is -0.341 e. The lowest BCUT2D eigenvalue weighted by Gasteiger charge is -2.31. The molecule has 2 fully saturated rings. The molecule has 3 aromatic rings. The number of hydrogen-bond donors (Lipinski definition) is 0. The standard InChI is InChI=1S/C27H23ClFN3O4S2/c28-16-6-4-15(5-7-16)20-21-22(25(35)32(24(21)34)18-10-8-17(29)9-11-18)37-26-23(20)38-27(36)31(26)14-19(33)30-12-2-1-3-13-30/h4-11,20-22H,1-3,12-14H2/t20-,21-,22+/m0/s1. The lowest BCUT2D eigenvalue weighted by molar-refractivity contribution is -0.133. The maximum absolute atomic E-state index is 13.8. The molecule has 0 saturated carbocycles. The summed E-state index contributed by atoms with van der Waals surface area (Å²) in [6, 6.07) is 12.3. The molecule has 2 aromatic carbocycles. The molecule has 3 atom stereocenters. The molecular formula is C27H23ClFN3O4S2. The Labute approximate surface area is 231 Å². The van der Waals surface area contributed by atoms with Crippen LogP contribution in [0.3, 0.4) is 0 Å². The van der Waals surface area contributed by atoms with Gasteiger partial charge in [-0.1, -0.05) is 46.8 Å². The van der Waals surface area contributed by atoms with Gasteiger partial charge in [-0.25, -0.2) is 9.29 Å². The van der Waals surface area contributed by atoms with Gasteiger partial charge in [0.25, 0.3) is 0 Å². The second-order valence-corrected chi connectivity index (χ2v) is 12.2. The number of imide groups is 1. The van der Waals surface area contributed by atoms with E-state index in [1.807, 2.05) is 0 Å². The van der Waals surface area contributed by atoms with E-state index in [1.54, 1.807) is 29.2 Å². The van der Waals surface area contributed by atoms with Crippen molar-refractivity contribution in [3.63, 3.8) is 0 Å². The second kappa shape index (κ2) is 9.98. The van der Waals surface area contributed by atoms with E-state index < -0.39 is 34.7 Å². The molecule has 3 aliphatic rings. The summed E-state index contributed by atoms with van der Waals surface area (Å²) in [6.07, 6.45) is 2.96. The third-order valence-electron chi connectivity index (χ3n) is 7.37. The summed E-state index contributed by atoms with van der Waals surface area (Å²) in [6.45, 7) is 1.24. The molecule has 7 nitrogen and oxygen atoms in total. The van der Waals surface area contributed by atoms with Crippen molar-refractivity contribution in [1.82, 2.24) is 9.47 Å². The zero-order valence-electron chi connectivity index (χ0n) is 20.1. The van der Waals surface area contributed by atoms with Crippen molar-refractivity contribution in [3.05, 3.63) is 79.5 Å². The Morgan fingerprint density at radius 3 is 2.32 bits per heavy atom. The number of benzene rings is 2. The zero-order valence-corrected chi connectivity index (χ0v) is 22.5. The highest BCUT2D eigenvalue weighted by atomic mass is 35.5. The van der Waals surface area contributed by atoms with Crippen LogP contribution in [0, 0.1) is 11.7 Å². The monoisotopic (exact) mass is 571 g/mol. The van der Waals surface area contributed by atoms with Gasteiger partial charge in [0.15, 0.2) is 0 Å². The van der Waals surface area contributed by atoms with Crippen LogP contribution >= 0.6 is 34.7 Å². The van der Waals surface area contributed by atoms with Gasteiger partial charge in [0.1, 0.15) is 17.6 Å². The molecule has 1 aromatic heterocycles. The second-order valence-electron chi connectivity index (χ2n) is 9.65. The van der Waals surface area contributed by atoms with E-state index >= 15 is 0 Å². The number of nitrogens with zero attached hydrogens (tertiary/aromatic N) is 3. The highest BCUT2D eigenvalue weighted by Gasteiger charge is 2.56. The van der Waals surface area contributed by atoms with Crippen molar-refractivity contribution in [1.29, 1.82) is 0 Å². The molecule has 38 heavy (non-hydrogen) atoms. The fraction of sp³-hybridized carbons (Fsp3) is 0.333. The Morgan fingerprint density at radius 2 is 1.63 bits per heavy atom. The van der Waals surface area contributed by atoms with Gasteiger partial charge in [-0.15, -0.1) is 0 Å². The average Bonchev–Trinajstić information content (AvgIpc) is 3.36. The average molecular weight is 572 g/mol. The Balaban J connectivity index is 1.43. The van der Waals surface area contributed by atoms with Gasteiger partial charge in [0.2, 0.25) is 17.7 Å². The molecule has 6 rings (SSSR count). The van der Waals surface area contributed by atoms with Gasteiger partial charge >= 0.3 is 4.87 Å². The summed E-state index contributed by atoms with van der Waals surface area (Å²) in [5, 5.41) is 0.273. The van der Waals surface area contributed by atoms with E-state index in [0.717, 1.165) is 41.1 Å². The summed E-state index contributed by atoms with van der Waals surface area (Å²) in [5.41, 5.74) is 1.05. The lowest BCUT2D eigenvalue weighted by atomic mass is 9.83. The number of thioether (sulfide) groups is 1. The van der Waals surface area contributed by atoms with Crippen molar-refractivity contribution >= 4 is 58.1 Å². The maximum Gasteiger partial charge on any atom is 0.308 e. The molecule has 0 aliphatic carbocycles. The van der Waals surface area contributed by atoms with Crippen molar-refractivity contribution in [2.75, 3.05) is 18.0 Å². The first-order chi connectivity index (χ1) is 18.3. The molecule has 0 spiro atoms. The van der Waals surface area contributed by atoms with Crippen LogP contribution in [0.2, 0.25) is 5.02 Å². The van der Waals surface area contributed by atoms with Crippen LogP contribution in [-0.2, 0) is 20.9 Å². The predicted molar refractivity (Wildman–Crippen MR) is 144 cm³/mol. The predicted octanol–water partition coefficient (Wildman–Crippen LogP) is 4.51. The molecule has 4 heterocycles. The van der Waals surface area contributed by atoms with E-state index in [-0.39, 0.29) is 17.3 Å². The Hall–Kier alpha value is -2.95. The number of hydrogen-bond acceptors (Lipinski definition) is 6. The highest BCUT2D eigenvalue weighted by molar-refractivity contribution is 8.00. The van der Waals surface area contributed by atoms with Gasteiger partial charge in [-0.05, 0) is 61.2 Å². The third kappa shape index (κ3) is 4.28. The lowest BCUT2D eigenvalue weighted by Crippen LogP contribution is -2.39. The number of thiazole rings is 1. The van der Waals surface area contributed by atoms with E-state index in [4.69, 9.17) is 11.6 Å². The quantitative estimate of drug-likeness (QED) is 0.431. The summed E-state index contributed by atoms with van der Waals surface area (Å²) in [5.74, 6) is -2.76. The molecule has 0 N–H and O–H groups in total. The van der Waals surface area contributed by atoms with Gasteiger partial charge in [0, 0.05) is 28.9 Å². The third-order valence-corrected chi connectivity index (χ3v) is 10.2. The Morgan fingerprint density at radius 1 is 0.947 bits per heavy atom. The summed E-state index contributed by atoms with van der Waals surface area (Å²) in [4.78, 5) is 57.1. The molecule has 196 valence electrons. The van der Waals surface area contributed by atoms with Gasteiger partial charge in [-0.3, -0.25) is 23.7 Å². The minimum absolute atomic E-state index is 0.105. The van der Waals surface area contributed by atoms with Crippen LogP contribution in [0.15, 0.2) is 58.4 Å². The fourth-order valence-corrected chi connectivity index (χ4v) is 8.41. The largest absolute Gasteiger partial charge is 0.341 e. The van der Waals surface area contributed by atoms with Crippen LogP contribution in [0.1, 0.15) is 35.6 Å². The summed E-state index contributed by atoms with van der Waals surface area (Å²) < 4.78 is 15.0. The molecule has 0 radical (unpaired) electrons. The number of aromatic nitrogens is 1. The normalized spacial score (nSPS) is 22.9. The van der Waals surface area contributed by atoms with Crippen molar-refractivity contribution in [3.8, 4) is 0 Å². The van der Waals surface area contributed by atoms with Crippen LogP contribution in [-0.4, -0.2) is 45.5 Å². The SMILES string of the molecule is O=C(Cn1c2c(sc1=O)[C@@H](c1ccc(Cl)cc1)[C@@H]1C(=O)N(c3ccc(F)cc3)C(=O)[C@@H]1S2)N1CCCCC1. The number of anilines is 1. The first kappa shape index (κ1) is 25.3. The number of carbonyl (C=O) groups is 3. The molecule has 0 unspecified atom stereocenters. The topological polar surface area (TPSA) is 79.7 Å². The smallest absolute Gasteiger partial charge is 0.308 e. The van der Waals surface area contributed by atoms with Crippen molar-refractivity contribution in [2.45, 2.75) is 42.0 Å². The van der Waals surface area contributed by atoms with Crippen LogP contribution in [0.4, 0.5) is 10.1 Å². The Kier molecular flexibility index (Phi) is 6.65. The molecular weight excluding hydrogens is 549 g/mol. The van der Waals surface area contributed by atoms with E-state index in [2.05, 4.69) is 0 Å². The number of likely N-dealkylation sites (tertiary alicyclic amines) is 1. The van der Waals surface area contributed by atoms with Gasteiger partial charge in [-0.2, -0.15) is 0 Å².